The highest BCUT2D eigenvalue weighted by Gasteiger charge is 2.38. The van der Waals surface area contributed by atoms with Crippen LogP contribution >= 0.6 is 24.8 Å². The predicted octanol–water partition coefficient (Wildman–Crippen LogP) is 3.03. The van der Waals surface area contributed by atoms with Crippen LogP contribution in [-0.2, 0) is 0 Å². The fraction of sp³-hybridized carbons (Fsp3) is 0.600. The first-order valence-electron chi connectivity index (χ1n) is 7.08. The van der Waals surface area contributed by atoms with Crippen LogP contribution in [0.4, 0.5) is 4.39 Å². The smallest absolute Gasteiger partial charge is 0.123 e. The minimum absolute atomic E-state index is 0. The van der Waals surface area contributed by atoms with Gasteiger partial charge < -0.3 is 10.1 Å². The number of rotatable bonds is 4. The second-order valence-electron chi connectivity index (χ2n) is 5.45. The molecule has 120 valence electrons. The fourth-order valence-electron chi connectivity index (χ4n) is 3.06. The van der Waals surface area contributed by atoms with E-state index in [0.29, 0.717) is 12.0 Å². The van der Waals surface area contributed by atoms with Crippen LogP contribution in [0.25, 0.3) is 0 Å². The van der Waals surface area contributed by atoms with Gasteiger partial charge in [-0.25, -0.2) is 4.39 Å². The third kappa shape index (κ3) is 4.22. The molecule has 3 rings (SSSR count). The lowest BCUT2D eigenvalue weighted by molar-refractivity contribution is 0.153. The van der Waals surface area contributed by atoms with Crippen molar-refractivity contribution in [2.45, 2.75) is 18.9 Å². The molecule has 0 amide bonds. The molecular formula is C15H23Cl2FN2O. The number of piperazine rings is 1. The van der Waals surface area contributed by atoms with Gasteiger partial charge in [0.1, 0.15) is 11.6 Å². The summed E-state index contributed by atoms with van der Waals surface area (Å²) >= 11 is 0. The number of benzene rings is 1. The van der Waals surface area contributed by atoms with E-state index in [0.717, 1.165) is 37.5 Å². The molecule has 1 saturated carbocycles. The van der Waals surface area contributed by atoms with Crippen molar-refractivity contribution < 1.29 is 9.13 Å². The summed E-state index contributed by atoms with van der Waals surface area (Å²) in [5, 5.41) is 3.37. The number of nitrogens with one attached hydrogen (secondary N) is 1. The third-order valence-corrected chi connectivity index (χ3v) is 4.12. The zero-order valence-electron chi connectivity index (χ0n) is 12.2. The van der Waals surface area contributed by atoms with Crippen molar-refractivity contribution in [3.63, 3.8) is 0 Å². The average molecular weight is 337 g/mol. The quantitative estimate of drug-likeness (QED) is 0.914. The zero-order valence-corrected chi connectivity index (χ0v) is 13.8. The van der Waals surface area contributed by atoms with E-state index in [-0.39, 0.29) is 30.6 Å². The Morgan fingerprint density at radius 1 is 1.24 bits per heavy atom. The van der Waals surface area contributed by atoms with Gasteiger partial charge in [-0.05, 0) is 37.0 Å². The second-order valence-corrected chi connectivity index (χ2v) is 5.45. The van der Waals surface area contributed by atoms with E-state index < -0.39 is 0 Å². The highest BCUT2D eigenvalue weighted by atomic mass is 35.5. The summed E-state index contributed by atoms with van der Waals surface area (Å²) in [6, 6.07) is 5.20. The van der Waals surface area contributed by atoms with Gasteiger partial charge >= 0.3 is 0 Å². The van der Waals surface area contributed by atoms with Crippen LogP contribution in [0.5, 0.6) is 5.75 Å². The lowest BCUT2D eigenvalue weighted by Crippen LogP contribution is -2.45. The Balaban J connectivity index is 0.00000110. The lowest BCUT2D eigenvalue weighted by Gasteiger charge is -2.36. The van der Waals surface area contributed by atoms with E-state index in [9.17, 15) is 4.39 Å². The van der Waals surface area contributed by atoms with Crippen molar-refractivity contribution in [3.8, 4) is 5.75 Å². The van der Waals surface area contributed by atoms with Crippen LogP contribution in [-0.4, -0.2) is 38.2 Å². The molecule has 1 aliphatic heterocycles. The van der Waals surface area contributed by atoms with E-state index in [4.69, 9.17) is 4.74 Å². The monoisotopic (exact) mass is 336 g/mol. The van der Waals surface area contributed by atoms with E-state index in [1.54, 1.807) is 19.2 Å². The van der Waals surface area contributed by atoms with Crippen LogP contribution in [0.3, 0.4) is 0 Å². The molecule has 0 aromatic heterocycles. The highest BCUT2D eigenvalue weighted by Crippen LogP contribution is 2.47. The topological polar surface area (TPSA) is 24.5 Å². The Hall–Kier alpha value is -0.550. The average Bonchev–Trinajstić information content (AvgIpc) is 3.25. The van der Waals surface area contributed by atoms with Gasteiger partial charge in [-0.1, -0.05) is 0 Å². The molecular weight excluding hydrogens is 314 g/mol. The molecule has 3 nitrogen and oxygen atoms in total. The molecule has 1 heterocycles. The van der Waals surface area contributed by atoms with Crippen molar-refractivity contribution >= 4 is 24.8 Å². The van der Waals surface area contributed by atoms with Crippen molar-refractivity contribution in [2.24, 2.45) is 5.92 Å². The first kappa shape index (κ1) is 18.5. The van der Waals surface area contributed by atoms with Gasteiger partial charge in [0.25, 0.3) is 0 Å². The van der Waals surface area contributed by atoms with E-state index >= 15 is 0 Å². The minimum Gasteiger partial charge on any atom is -0.496 e. The molecule has 0 unspecified atom stereocenters. The Morgan fingerprint density at radius 2 is 1.90 bits per heavy atom. The van der Waals surface area contributed by atoms with Crippen molar-refractivity contribution in [3.05, 3.63) is 29.6 Å². The maximum Gasteiger partial charge on any atom is 0.123 e. The van der Waals surface area contributed by atoms with Crippen LogP contribution in [0, 0.1) is 11.7 Å². The molecule has 1 N–H and O–H groups in total. The molecule has 1 aromatic rings. The van der Waals surface area contributed by atoms with Gasteiger partial charge in [0.05, 0.1) is 7.11 Å². The molecule has 0 spiro atoms. The number of ether oxygens (including phenoxy) is 1. The number of methoxy groups -OCH3 is 1. The van der Waals surface area contributed by atoms with Gasteiger partial charge in [-0.3, -0.25) is 4.90 Å². The van der Waals surface area contributed by atoms with Gasteiger partial charge in [-0.2, -0.15) is 0 Å². The van der Waals surface area contributed by atoms with Crippen LogP contribution in [0.1, 0.15) is 24.4 Å². The van der Waals surface area contributed by atoms with E-state index in [2.05, 4.69) is 10.2 Å². The summed E-state index contributed by atoms with van der Waals surface area (Å²) in [5.41, 5.74) is 1.02. The third-order valence-electron chi connectivity index (χ3n) is 4.12. The molecule has 0 radical (unpaired) electrons. The molecule has 1 saturated heterocycles. The van der Waals surface area contributed by atoms with E-state index in [1.807, 2.05) is 0 Å². The van der Waals surface area contributed by atoms with Crippen LogP contribution in [0.2, 0.25) is 0 Å². The van der Waals surface area contributed by atoms with Crippen LogP contribution < -0.4 is 10.1 Å². The van der Waals surface area contributed by atoms with E-state index in [1.165, 1.54) is 18.9 Å². The molecule has 2 fully saturated rings. The van der Waals surface area contributed by atoms with Gasteiger partial charge in [-0.15, -0.1) is 24.8 Å². The Labute approximate surface area is 138 Å². The van der Waals surface area contributed by atoms with Crippen LogP contribution in [0.15, 0.2) is 18.2 Å². The number of nitrogens with zero attached hydrogens (tertiary/aromatic N) is 1. The molecule has 1 aromatic carbocycles. The summed E-state index contributed by atoms with van der Waals surface area (Å²) in [7, 11) is 1.67. The second kappa shape index (κ2) is 8.18. The highest BCUT2D eigenvalue weighted by molar-refractivity contribution is 5.85. The molecule has 1 atom stereocenters. The molecule has 2 aliphatic rings. The maximum absolute atomic E-state index is 13.6. The molecule has 6 heteroatoms. The predicted molar refractivity (Wildman–Crippen MR) is 87.4 cm³/mol. The normalized spacial score (nSPS) is 20.1. The minimum atomic E-state index is -0.170. The number of halogens is 3. The Kier molecular flexibility index (Phi) is 7.21. The standard InChI is InChI=1S/C15H21FN2O.2ClH/c1-19-14-5-4-12(16)10-13(14)15(11-2-3-11)18-8-6-17-7-9-18;;/h4-5,10-11,15,17H,2-3,6-9H2,1H3;2*1H/t15-;;/m0../s1. The summed E-state index contributed by atoms with van der Waals surface area (Å²) < 4.78 is 19.0. The van der Waals surface area contributed by atoms with Gasteiger partial charge in [0.15, 0.2) is 0 Å². The zero-order chi connectivity index (χ0) is 13.2. The van der Waals surface area contributed by atoms with Crippen molar-refractivity contribution in [1.82, 2.24) is 10.2 Å². The largest absolute Gasteiger partial charge is 0.496 e. The van der Waals surface area contributed by atoms with Gasteiger partial charge in [0, 0.05) is 37.8 Å². The molecule has 1 aliphatic carbocycles. The Morgan fingerprint density at radius 3 is 2.48 bits per heavy atom. The number of hydrogen-bond acceptors (Lipinski definition) is 3. The first-order chi connectivity index (χ1) is 9.29. The summed E-state index contributed by atoms with van der Waals surface area (Å²) in [6.07, 6.45) is 2.49. The molecule has 21 heavy (non-hydrogen) atoms. The Bertz CT molecular complexity index is 451. The van der Waals surface area contributed by atoms with Crippen molar-refractivity contribution in [2.75, 3.05) is 33.3 Å². The summed E-state index contributed by atoms with van der Waals surface area (Å²) in [5.74, 6) is 1.31. The summed E-state index contributed by atoms with van der Waals surface area (Å²) in [6.45, 7) is 4.09. The lowest BCUT2D eigenvalue weighted by atomic mass is 9.98. The fourth-order valence-corrected chi connectivity index (χ4v) is 3.06. The maximum atomic E-state index is 13.6. The van der Waals surface area contributed by atoms with Gasteiger partial charge in [0.2, 0.25) is 0 Å². The SMILES string of the molecule is COc1ccc(F)cc1[C@H](C1CC1)N1CCNCC1.Cl.Cl. The molecule has 0 bridgehead atoms. The number of hydrogen-bond donors (Lipinski definition) is 1. The summed E-state index contributed by atoms with van der Waals surface area (Å²) in [4.78, 5) is 2.48. The first-order valence-corrected chi connectivity index (χ1v) is 7.08. The van der Waals surface area contributed by atoms with Crippen molar-refractivity contribution in [1.29, 1.82) is 0 Å².